The van der Waals surface area contributed by atoms with Gasteiger partial charge in [0.1, 0.15) is 0 Å². The van der Waals surface area contributed by atoms with Crippen molar-refractivity contribution in [2.24, 2.45) is 4.99 Å². The van der Waals surface area contributed by atoms with Crippen molar-refractivity contribution in [2.45, 2.75) is 33.2 Å². The Morgan fingerprint density at radius 3 is 2.74 bits per heavy atom. The minimum Gasteiger partial charge on any atom is -0.357 e. The fourth-order valence-electron chi connectivity index (χ4n) is 2.10. The summed E-state index contributed by atoms with van der Waals surface area (Å²) in [5.41, 5.74) is 0. The minimum absolute atomic E-state index is 0.745. The number of thiazole rings is 1. The number of guanidine groups is 1. The maximum absolute atomic E-state index is 6.00. The third kappa shape index (κ3) is 5.79. The average Bonchev–Trinajstić information content (AvgIpc) is 3.15. The molecule has 0 radical (unpaired) electrons. The van der Waals surface area contributed by atoms with Crippen molar-refractivity contribution in [1.82, 2.24) is 15.2 Å². The van der Waals surface area contributed by atoms with Crippen molar-refractivity contribution in [3.63, 3.8) is 0 Å². The summed E-state index contributed by atoms with van der Waals surface area (Å²) in [6.45, 7) is 6.64. The lowest BCUT2D eigenvalue weighted by Crippen LogP contribution is -2.38. The Balaban J connectivity index is 1.92. The van der Waals surface area contributed by atoms with E-state index in [4.69, 9.17) is 16.6 Å². The lowest BCUT2D eigenvalue weighted by atomic mass is 10.4. The van der Waals surface area contributed by atoms with E-state index in [0.29, 0.717) is 0 Å². The van der Waals surface area contributed by atoms with Crippen LogP contribution in [0, 0.1) is 0 Å². The highest BCUT2D eigenvalue weighted by atomic mass is 35.5. The van der Waals surface area contributed by atoms with Crippen LogP contribution in [0.4, 0.5) is 0 Å². The van der Waals surface area contributed by atoms with Crippen LogP contribution < -0.4 is 5.32 Å². The molecule has 0 saturated heterocycles. The van der Waals surface area contributed by atoms with Crippen LogP contribution in [0.5, 0.6) is 0 Å². The van der Waals surface area contributed by atoms with Crippen LogP contribution in [0.2, 0.25) is 4.34 Å². The van der Waals surface area contributed by atoms with Gasteiger partial charge in [-0.2, -0.15) is 0 Å². The number of aliphatic imine (C=N–C) groups is 1. The van der Waals surface area contributed by atoms with Gasteiger partial charge in [-0.15, -0.1) is 22.7 Å². The fraction of sp³-hybridized carbons (Fsp3) is 0.500. The van der Waals surface area contributed by atoms with Crippen LogP contribution in [0.1, 0.15) is 28.6 Å². The van der Waals surface area contributed by atoms with Crippen LogP contribution in [-0.4, -0.2) is 36.0 Å². The molecular formula is C16H23ClN4S2. The molecule has 0 spiro atoms. The Kier molecular flexibility index (Phi) is 7.33. The summed E-state index contributed by atoms with van der Waals surface area (Å²) in [5, 5.41) is 4.50. The fourth-order valence-corrected chi connectivity index (χ4v) is 4.09. The van der Waals surface area contributed by atoms with Crippen molar-refractivity contribution in [3.05, 3.63) is 37.4 Å². The first kappa shape index (κ1) is 18.2. The minimum atomic E-state index is 0.745. The van der Waals surface area contributed by atoms with E-state index in [2.05, 4.69) is 35.1 Å². The Morgan fingerprint density at radius 2 is 2.13 bits per heavy atom. The molecule has 0 bridgehead atoms. The van der Waals surface area contributed by atoms with E-state index in [1.54, 1.807) is 22.7 Å². The highest BCUT2D eigenvalue weighted by Gasteiger charge is 2.08. The van der Waals surface area contributed by atoms with Gasteiger partial charge < -0.3 is 10.2 Å². The lowest BCUT2D eigenvalue weighted by molar-refractivity contribution is 0.481. The van der Waals surface area contributed by atoms with Gasteiger partial charge in [0.2, 0.25) is 0 Å². The molecule has 23 heavy (non-hydrogen) atoms. The van der Waals surface area contributed by atoms with E-state index in [-0.39, 0.29) is 0 Å². The van der Waals surface area contributed by atoms with Crippen LogP contribution in [0.3, 0.4) is 0 Å². The predicted molar refractivity (Wildman–Crippen MR) is 102 cm³/mol. The molecule has 7 heteroatoms. The van der Waals surface area contributed by atoms with Crippen molar-refractivity contribution in [3.8, 4) is 0 Å². The molecule has 0 aliphatic carbocycles. The lowest BCUT2D eigenvalue weighted by Gasteiger charge is -2.21. The van der Waals surface area contributed by atoms with Crippen LogP contribution in [0.25, 0.3) is 0 Å². The highest BCUT2D eigenvalue weighted by molar-refractivity contribution is 7.16. The zero-order valence-electron chi connectivity index (χ0n) is 13.8. The molecule has 0 atom stereocenters. The molecule has 2 aromatic heterocycles. The van der Waals surface area contributed by atoms with Crippen molar-refractivity contribution in [2.75, 3.05) is 20.1 Å². The van der Waals surface area contributed by atoms with Crippen molar-refractivity contribution >= 4 is 40.2 Å². The normalized spacial score (nSPS) is 11.7. The second-order valence-corrected chi connectivity index (χ2v) is 8.12. The quantitative estimate of drug-likeness (QED) is 0.590. The van der Waals surface area contributed by atoms with E-state index in [9.17, 15) is 0 Å². The van der Waals surface area contributed by atoms with E-state index < -0.39 is 0 Å². The first-order chi connectivity index (χ1) is 11.1. The number of nitrogens with one attached hydrogen (secondary N) is 1. The molecule has 0 fully saturated rings. The molecule has 126 valence electrons. The highest BCUT2D eigenvalue weighted by Crippen LogP contribution is 2.22. The van der Waals surface area contributed by atoms with Gasteiger partial charge in [-0.05, 0) is 25.5 Å². The number of hydrogen-bond acceptors (Lipinski definition) is 4. The van der Waals surface area contributed by atoms with Crippen LogP contribution in [-0.2, 0) is 19.4 Å². The molecule has 0 aliphatic rings. The molecule has 1 N–H and O–H groups in total. The van der Waals surface area contributed by atoms with Gasteiger partial charge in [-0.1, -0.05) is 18.5 Å². The third-order valence-corrected chi connectivity index (χ3v) is 5.67. The molecule has 0 unspecified atom stereocenters. The maximum atomic E-state index is 6.00. The molecule has 2 heterocycles. The Bertz CT molecular complexity index is 636. The molecule has 2 rings (SSSR count). The molecule has 0 aromatic carbocycles. The number of rotatable bonds is 7. The summed E-state index contributed by atoms with van der Waals surface area (Å²) >= 11 is 9.39. The van der Waals surface area contributed by atoms with Gasteiger partial charge in [0.05, 0.1) is 15.9 Å². The first-order valence-electron chi connectivity index (χ1n) is 7.79. The number of thiophene rings is 1. The monoisotopic (exact) mass is 370 g/mol. The van der Waals surface area contributed by atoms with Crippen molar-refractivity contribution in [1.29, 1.82) is 0 Å². The van der Waals surface area contributed by atoms with E-state index >= 15 is 0 Å². The molecule has 0 amide bonds. The first-order valence-corrected chi connectivity index (χ1v) is 9.80. The SMILES string of the molecule is CCNC(=NCCc1ncc(CC)s1)N(C)Cc1ccc(Cl)s1. The van der Waals surface area contributed by atoms with Gasteiger partial charge in [0.25, 0.3) is 0 Å². The standard InChI is InChI=1S/C16H23ClN4S2/c1-4-12-10-20-15(23-12)8-9-19-16(18-5-2)21(3)11-13-6-7-14(17)22-13/h6-7,10H,4-5,8-9,11H2,1-3H3,(H,18,19). The number of nitrogens with zero attached hydrogens (tertiary/aromatic N) is 3. The third-order valence-electron chi connectivity index (χ3n) is 3.26. The summed E-state index contributed by atoms with van der Waals surface area (Å²) in [6, 6.07) is 4.00. The summed E-state index contributed by atoms with van der Waals surface area (Å²) < 4.78 is 0.825. The van der Waals surface area contributed by atoms with Gasteiger partial charge in [0, 0.05) is 42.5 Å². The second kappa shape index (κ2) is 9.25. The summed E-state index contributed by atoms with van der Waals surface area (Å²) in [4.78, 5) is 13.9. The number of aromatic nitrogens is 1. The number of halogens is 1. The number of hydrogen-bond donors (Lipinski definition) is 1. The largest absolute Gasteiger partial charge is 0.357 e. The van der Waals surface area contributed by atoms with Gasteiger partial charge in [-0.3, -0.25) is 4.99 Å². The average molecular weight is 371 g/mol. The summed E-state index contributed by atoms with van der Waals surface area (Å²) in [7, 11) is 2.05. The zero-order chi connectivity index (χ0) is 16.7. The zero-order valence-corrected chi connectivity index (χ0v) is 16.2. The number of aryl methyl sites for hydroxylation is 1. The molecular weight excluding hydrogens is 348 g/mol. The van der Waals surface area contributed by atoms with E-state index in [0.717, 1.165) is 47.8 Å². The Morgan fingerprint density at radius 1 is 1.30 bits per heavy atom. The molecule has 2 aromatic rings. The molecule has 0 saturated carbocycles. The maximum Gasteiger partial charge on any atom is 0.193 e. The summed E-state index contributed by atoms with van der Waals surface area (Å²) in [5.74, 6) is 0.921. The Hall–Kier alpha value is -1.11. The smallest absolute Gasteiger partial charge is 0.193 e. The van der Waals surface area contributed by atoms with Gasteiger partial charge in [-0.25, -0.2) is 4.98 Å². The van der Waals surface area contributed by atoms with Gasteiger partial charge in [0.15, 0.2) is 5.96 Å². The topological polar surface area (TPSA) is 40.5 Å². The second-order valence-electron chi connectivity index (χ2n) is 5.12. The van der Waals surface area contributed by atoms with Crippen molar-refractivity contribution < 1.29 is 0 Å². The van der Waals surface area contributed by atoms with E-state index in [1.807, 2.05) is 19.3 Å². The van der Waals surface area contributed by atoms with Gasteiger partial charge >= 0.3 is 0 Å². The van der Waals surface area contributed by atoms with Crippen LogP contribution in [0.15, 0.2) is 23.3 Å². The Labute approximate surface area is 151 Å². The summed E-state index contributed by atoms with van der Waals surface area (Å²) in [6.07, 6.45) is 3.91. The van der Waals surface area contributed by atoms with E-state index in [1.165, 1.54) is 9.75 Å². The predicted octanol–water partition coefficient (Wildman–Crippen LogP) is 4.06. The molecule has 0 aliphatic heterocycles. The van der Waals surface area contributed by atoms with Crippen LogP contribution >= 0.6 is 34.3 Å². The molecule has 4 nitrogen and oxygen atoms in total.